The van der Waals surface area contributed by atoms with Crippen molar-refractivity contribution < 1.29 is 14.7 Å². The van der Waals surface area contributed by atoms with Crippen LogP contribution in [0.4, 0.5) is 5.69 Å². The van der Waals surface area contributed by atoms with Crippen molar-refractivity contribution in [2.24, 2.45) is 0 Å². The van der Waals surface area contributed by atoms with Gasteiger partial charge in [0.15, 0.2) is 0 Å². The number of amides is 1. The van der Waals surface area contributed by atoms with Crippen LogP contribution in [0.5, 0.6) is 0 Å². The fraction of sp³-hybridized carbons (Fsp3) is 0.333. The molecular weight excluding hydrogens is 370 g/mol. The predicted octanol–water partition coefficient (Wildman–Crippen LogP) is 2.95. The summed E-state index contributed by atoms with van der Waals surface area (Å²) in [6, 6.07) is 6.52. The maximum atomic E-state index is 12.6. The molecule has 3 rings (SSSR count). The lowest BCUT2D eigenvalue weighted by Crippen LogP contribution is -2.17. The van der Waals surface area contributed by atoms with E-state index in [0.717, 1.165) is 23.5 Å². The zero-order chi connectivity index (χ0) is 21.1. The number of carbonyl (C=O) groups excluding carboxylic acids is 1. The average Bonchev–Trinajstić information content (AvgIpc) is 3.16. The highest BCUT2D eigenvalue weighted by atomic mass is 16.4. The summed E-state index contributed by atoms with van der Waals surface area (Å²) in [6.45, 7) is 9.19. The molecule has 0 aliphatic rings. The molecule has 0 bridgehead atoms. The quantitative estimate of drug-likeness (QED) is 0.640. The van der Waals surface area contributed by atoms with Crippen molar-refractivity contribution >= 4 is 17.6 Å². The summed E-state index contributed by atoms with van der Waals surface area (Å²) in [5, 5.41) is 21.1. The number of nitrogens with zero attached hydrogens (tertiary/aromatic N) is 4. The van der Waals surface area contributed by atoms with Gasteiger partial charge in [0.05, 0.1) is 41.8 Å². The molecule has 2 aromatic heterocycles. The van der Waals surface area contributed by atoms with E-state index in [-0.39, 0.29) is 17.9 Å². The molecule has 0 saturated heterocycles. The van der Waals surface area contributed by atoms with Crippen LogP contribution in [0, 0.1) is 20.8 Å². The standard InChI is InChI=1S/C21H25N5O3/c1-5-25-14(3)17(11-22-25)12-26-15(4)20(13(2)24-26)23-19(27)10-16-8-6-7-9-18(16)21(28)29/h6-9,11H,5,10,12H2,1-4H3,(H,23,27)(H,28,29). The SMILES string of the molecule is CCn1ncc(Cn2nc(C)c(NC(=O)Cc3ccccc3C(=O)O)c2C)c1C. The molecule has 3 aromatic rings. The third-order valence-corrected chi connectivity index (χ3v) is 5.07. The minimum absolute atomic E-state index is 0.0189. The van der Waals surface area contributed by atoms with Gasteiger partial charge in [-0.05, 0) is 39.3 Å². The molecule has 2 heterocycles. The van der Waals surface area contributed by atoms with Gasteiger partial charge in [-0.2, -0.15) is 10.2 Å². The second-order valence-electron chi connectivity index (χ2n) is 6.96. The van der Waals surface area contributed by atoms with Gasteiger partial charge in [0, 0.05) is 17.8 Å². The highest BCUT2D eigenvalue weighted by Gasteiger charge is 2.18. The monoisotopic (exact) mass is 395 g/mol. The van der Waals surface area contributed by atoms with Crippen molar-refractivity contribution in [3.8, 4) is 0 Å². The van der Waals surface area contributed by atoms with Crippen molar-refractivity contribution in [1.29, 1.82) is 0 Å². The first kappa shape index (κ1) is 20.3. The summed E-state index contributed by atoms with van der Waals surface area (Å²) in [7, 11) is 0. The van der Waals surface area contributed by atoms with Gasteiger partial charge in [0.25, 0.3) is 0 Å². The van der Waals surface area contributed by atoms with Gasteiger partial charge >= 0.3 is 5.97 Å². The van der Waals surface area contributed by atoms with Crippen LogP contribution in [0.1, 0.15) is 45.5 Å². The molecule has 0 aliphatic heterocycles. The van der Waals surface area contributed by atoms with E-state index >= 15 is 0 Å². The number of hydrogen-bond donors (Lipinski definition) is 2. The topological polar surface area (TPSA) is 102 Å². The highest BCUT2D eigenvalue weighted by molar-refractivity contribution is 5.96. The summed E-state index contributed by atoms with van der Waals surface area (Å²) in [4.78, 5) is 23.9. The summed E-state index contributed by atoms with van der Waals surface area (Å²) < 4.78 is 3.78. The van der Waals surface area contributed by atoms with Crippen molar-refractivity contribution in [2.75, 3.05) is 5.32 Å². The molecule has 8 heteroatoms. The Labute approximate surface area is 169 Å². The molecule has 0 fully saturated rings. The number of aromatic carboxylic acids is 1. The molecule has 1 amide bonds. The summed E-state index contributed by atoms with van der Waals surface area (Å²) in [5.74, 6) is -1.32. The van der Waals surface area contributed by atoms with E-state index in [1.165, 1.54) is 6.07 Å². The van der Waals surface area contributed by atoms with Gasteiger partial charge in [-0.15, -0.1) is 0 Å². The van der Waals surface area contributed by atoms with Crippen LogP contribution in [0.25, 0.3) is 0 Å². The number of carboxylic acid groups (broad SMARTS) is 1. The number of nitrogens with one attached hydrogen (secondary N) is 1. The molecule has 0 unspecified atom stereocenters. The first-order valence-corrected chi connectivity index (χ1v) is 9.48. The number of carboxylic acids is 1. The average molecular weight is 395 g/mol. The van der Waals surface area contributed by atoms with E-state index in [2.05, 4.69) is 15.5 Å². The predicted molar refractivity (Wildman–Crippen MR) is 109 cm³/mol. The van der Waals surface area contributed by atoms with Crippen LogP contribution in [0.2, 0.25) is 0 Å². The number of aromatic nitrogens is 4. The third kappa shape index (κ3) is 4.21. The van der Waals surface area contributed by atoms with Gasteiger partial charge in [0.1, 0.15) is 0 Å². The molecule has 1 aromatic carbocycles. The fourth-order valence-corrected chi connectivity index (χ4v) is 3.39. The maximum absolute atomic E-state index is 12.6. The molecule has 152 valence electrons. The molecule has 0 spiro atoms. The van der Waals surface area contributed by atoms with Crippen LogP contribution < -0.4 is 5.32 Å². The molecule has 0 radical (unpaired) electrons. The van der Waals surface area contributed by atoms with E-state index in [4.69, 9.17) is 0 Å². The zero-order valence-electron chi connectivity index (χ0n) is 17.1. The van der Waals surface area contributed by atoms with Gasteiger partial charge in [-0.1, -0.05) is 18.2 Å². The Kier molecular flexibility index (Phi) is 5.81. The maximum Gasteiger partial charge on any atom is 0.335 e. The molecule has 0 atom stereocenters. The second kappa shape index (κ2) is 8.30. The Bertz CT molecular complexity index is 1060. The smallest absolute Gasteiger partial charge is 0.335 e. The van der Waals surface area contributed by atoms with Crippen molar-refractivity contribution in [3.05, 3.63) is 64.2 Å². The van der Waals surface area contributed by atoms with Crippen LogP contribution >= 0.6 is 0 Å². The summed E-state index contributed by atoms with van der Waals surface area (Å²) in [5.41, 5.74) is 4.98. The third-order valence-electron chi connectivity index (χ3n) is 5.07. The number of carbonyl (C=O) groups is 2. The zero-order valence-corrected chi connectivity index (χ0v) is 17.1. The normalized spacial score (nSPS) is 10.9. The molecular formula is C21H25N5O3. The number of aryl methyl sites for hydroxylation is 2. The van der Waals surface area contributed by atoms with Crippen LogP contribution in [-0.4, -0.2) is 36.5 Å². The summed E-state index contributed by atoms with van der Waals surface area (Å²) in [6.07, 6.45) is 1.82. The molecule has 8 nitrogen and oxygen atoms in total. The lowest BCUT2D eigenvalue weighted by Gasteiger charge is -2.09. The van der Waals surface area contributed by atoms with Crippen LogP contribution in [0.15, 0.2) is 30.5 Å². The van der Waals surface area contributed by atoms with Crippen LogP contribution in [-0.2, 0) is 24.3 Å². The molecule has 0 saturated carbocycles. The number of anilines is 1. The van der Waals surface area contributed by atoms with Crippen LogP contribution in [0.3, 0.4) is 0 Å². The minimum atomic E-state index is -1.04. The summed E-state index contributed by atoms with van der Waals surface area (Å²) >= 11 is 0. The lowest BCUT2D eigenvalue weighted by molar-refractivity contribution is -0.115. The first-order chi connectivity index (χ1) is 13.8. The number of rotatable bonds is 7. The Morgan fingerprint density at radius 2 is 1.79 bits per heavy atom. The van der Waals surface area contributed by atoms with Gasteiger partial charge in [-0.25, -0.2) is 4.79 Å². The molecule has 29 heavy (non-hydrogen) atoms. The van der Waals surface area contributed by atoms with E-state index in [0.29, 0.717) is 23.5 Å². The Morgan fingerprint density at radius 3 is 2.45 bits per heavy atom. The Balaban J connectivity index is 1.77. The van der Waals surface area contributed by atoms with Gasteiger partial charge < -0.3 is 10.4 Å². The first-order valence-electron chi connectivity index (χ1n) is 9.48. The highest BCUT2D eigenvalue weighted by Crippen LogP contribution is 2.22. The number of hydrogen-bond acceptors (Lipinski definition) is 4. The van der Waals surface area contributed by atoms with Gasteiger partial charge in [-0.3, -0.25) is 14.2 Å². The van der Waals surface area contributed by atoms with E-state index in [9.17, 15) is 14.7 Å². The minimum Gasteiger partial charge on any atom is -0.478 e. The number of benzene rings is 1. The van der Waals surface area contributed by atoms with E-state index in [1.54, 1.807) is 18.2 Å². The second-order valence-corrected chi connectivity index (χ2v) is 6.96. The fourth-order valence-electron chi connectivity index (χ4n) is 3.39. The van der Waals surface area contributed by atoms with Crippen molar-refractivity contribution in [3.63, 3.8) is 0 Å². The lowest BCUT2D eigenvalue weighted by atomic mass is 10.0. The molecule has 0 aliphatic carbocycles. The Hall–Kier alpha value is -3.42. The van der Waals surface area contributed by atoms with Gasteiger partial charge in [0.2, 0.25) is 5.91 Å². The Morgan fingerprint density at radius 1 is 1.07 bits per heavy atom. The van der Waals surface area contributed by atoms with Crippen molar-refractivity contribution in [1.82, 2.24) is 19.6 Å². The van der Waals surface area contributed by atoms with E-state index in [1.807, 2.05) is 43.3 Å². The molecule has 2 N–H and O–H groups in total. The largest absolute Gasteiger partial charge is 0.478 e. The van der Waals surface area contributed by atoms with Crippen molar-refractivity contribution in [2.45, 2.75) is 47.2 Å². The van der Waals surface area contributed by atoms with E-state index < -0.39 is 5.97 Å².